The predicted octanol–water partition coefficient (Wildman–Crippen LogP) is 3.73. The second-order valence-corrected chi connectivity index (χ2v) is 7.85. The van der Waals surface area contributed by atoms with E-state index in [-0.39, 0.29) is 5.60 Å². The molecule has 2 aliphatic carbocycles. The molecule has 4 heteroatoms. The van der Waals surface area contributed by atoms with E-state index in [2.05, 4.69) is 10.1 Å². The Hall–Kier alpha value is -0.900. The van der Waals surface area contributed by atoms with Gasteiger partial charge in [0.15, 0.2) is 0 Å². The molecule has 0 amide bonds. The van der Waals surface area contributed by atoms with Gasteiger partial charge in [-0.1, -0.05) is 6.92 Å². The van der Waals surface area contributed by atoms with Gasteiger partial charge in [0.05, 0.1) is 0 Å². The van der Waals surface area contributed by atoms with Crippen molar-refractivity contribution in [3.05, 3.63) is 0 Å². The smallest absolute Gasteiger partial charge is 0.293 e. The van der Waals surface area contributed by atoms with Crippen molar-refractivity contribution in [1.29, 1.82) is 0 Å². The topological polar surface area (TPSA) is 55.4 Å². The molecular weight excluding hydrogens is 290 g/mol. The fourth-order valence-corrected chi connectivity index (χ4v) is 3.14. The first-order chi connectivity index (χ1) is 10.9. The highest BCUT2D eigenvalue weighted by Gasteiger charge is 2.37. The molecule has 0 aromatic carbocycles. The third kappa shape index (κ3) is 7.96. The first-order valence-corrected chi connectivity index (χ1v) is 9.22. The van der Waals surface area contributed by atoms with Gasteiger partial charge in [-0.25, -0.2) is 0 Å². The van der Waals surface area contributed by atoms with Crippen molar-refractivity contribution in [2.75, 3.05) is 13.1 Å². The van der Waals surface area contributed by atoms with Gasteiger partial charge in [0.2, 0.25) is 0 Å². The predicted molar refractivity (Wildman–Crippen MR) is 93.2 cm³/mol. The monoisotopic (exact) mass is 325 g/mol. The number of fused-ring (bicyclic) bond motifs is 1. The highest BCUT2D eigenvalue weighted by atomic mass is 16.5. The lowest BCUT2D eigenvalue weighted by Crippen LogP contribution is -2.34. The summed E-state index contributed by atoms with van der Waals surface area (Å²) in [5.74, 6) is 3.24. The SMILES string of the molecule is C1CC2CCC12.CC(C)(C)OC=O.CCC(=O)C1CCNCC1. The Morgan fingerprint density at radius 3 is 1.74 bits per heavy atom. The van der Waals surface area contributed by atoms with E-state index in [0.29, 0.717) is 24.6 Å². The van der Waals surface area contributed by atoms with Crippen molar-refractivity contribution in [3.63, 3.8) is 0 Å². The van der Waals surface area contributed by atoms with Crippen LogP contribution >= 0.6 is 0 Å². The lowest BCUT2D eigenvalue weighted by atomic mass is 9.60. The Kier molecular flexibility index (Phi) is 8.82. The molecule has 3 fully saturated rings. The maximum absolute atomic E-state index is 11.1. The molecule has 0 aromatic heterocycles. The molecule has 1 saturated heterocycles. The van der Waals surface area contributed by atoms with Crippen LogP contribution in [-0.4, -0.2) is 30.9 Å². The van der Waals surface area contributed by atoms with E-state index in [0.717, 1.165) is 25.9 Å². The molecule has 0 spiro atoms. The van der Waals surface area contributed by atoms with Gasteiger partial charge in [0.1, 0.15) is 11.4 Å². The quantitative estimate of drug-likeness (QED) is 0.803. The Morgan fingerprint density at radius 2 is 1.52 bits per heavy atom. The Morgan fingerprint density at radius 1 is 1.04 bits per heavy atom. The molecule has 0 aromatic rings. The summed E-state index contributed by atoms with van der Waals surface area (Å²) in [6.45, 7) is 9.92. The summed E-state index contributed by atoms with van der Waals surface area (Å²) in [6.07, 6.45) is 9.05. The van der Waals surface area contributed by atoms with E-state index in [9.17, 15) is 9.59 Å². The molecule has 1 heterocycles. The molecule has 23 heavy (non-hydrogen) atoms. The number of ketones is 1. The number of rotatable bonds is 3. The van der Waals surface area contributed by atoms with Crippen LogP contribution in [0.5, 0.6) is 0 Å². The van der Waals surface area contributed by atoms with Crippen molar-refractivity contribution in [1.82, 2.24) is 5.32 Å². The fourth-order valence-electron chi connectivity index (χ4n) is 3.14. The largest absolute Gasteiger partial charge is 0.462 e. The zero-order valence-electron chi connectivity index (χ0n) is 15.4. The zero-order valence-corrected chi connectivity index (χ0v) is 15.4. The maximum atomic E-state index is 11.1. The highest BCUT2D eigenvalue weighted by molar-refractivity contribution is 5.80. The minimum atomic E-state index is -0.318. The minimum absolute atomic E-state index is 0.318. The molecule has 0 atom stereocenters. The van der Waals surface area contributed by atoms with Gasteiger partial charge >= 0.3 is 0 Å². The van der Waals surface area contributed by atoms with E-state index in [1.54, 1.807) is 25.7 Å². The van der Waals surface area contributed by atoms with Gasteiger partial charge < -0.3 is 10.1 Å². The third-order valence-corrected chi connectivity index (χ3v) is 5.03. The van der Waals surface area contributed by atoms with Crippen LogP contribution in [0.25, 0.3) is 0 Å². The second-order valence-electron chi connectivity index (χ2n) is 7.85. The van der Waals surface area contributed by atoms with Crippen LogP contribution < -0.4 is 5.32 Å². The number of piperidine rings is 1. The number of carbonyl (C=O) groups is 2. The van der Waals surface area contributed by atoms with Crippen molar-refractivity contribution in [2.45, 2.75) is 78.2 Å². The average molecular weight is 325 g/mol. The van der Waals surface area contributed by atoms with Crippen molar-refractivity contribution >= 4 is 12.3 Å². The normalized spacial score (nSPS) is 25.9. The summed E-state index contributed by atoms with van der Waals surface area (Å²) >= 11 is 0. The molecule has 3 aliphatic rings. The van der Waals surface area contributed by atoms with Gasteiger partial charge in [-0.15, -0.1) is 0 Å². The summed E-state index contributed by atoms with van der Waals surface area (Å²) in [5, 5.41) is 3.24. The molecule has 0 unspecified atom stereocenters. The van der Waals surface area contributed by atoms with E-state index in [4.69, 9.17) is 0 Å². The van der Waals surface area contributed by atoms with Crippen LogP contribution in [0.2, 0.25) is 0 Å². The number of carbonyl (C=O) groups excluding carboxylic acids is 2. The molecule has 0 bridgehead atoms. The Labute approximate surface area is 141 Å². The molecule has 0 radical (unpaired) electrons. The van der Waals surface area contributed by atoms with Crippen LogP contribution in [0.1, 0.15) is 72.6 Å². The van der Waals surface area contributed by atoms with Crippen LogP contribution in [0, 0.1) is 17.8 Å². The maximum Gasteiger partial charge on any atom is 0.293 e. The molecule has 3 rings (SSSR count). The summed E-state index contributed by atoms with van der Waals surface area (Å²) in [7, 11) is 0. The summed E-state index contributed by atoms with van der Waals surface area (Å²) in [6, 6.07) is 0. The second kappa shape index (κ2) is 10.1. The van der Waals surface area contributed by atoms with Crippen LogP contribution in [0.4, 0.5) is 0 Å². The van der Waals surface area contributed by atoms with E-state index >= 15 is 0 Å². The summed E-state index contributed by atoms with van der Waals surface area (Å²) in [4.78, 5) is 20.7. The standard InChI is InChI=1S/C8H15NO.C6H10.C5H10O2/c1-2-8(10)7-3-5-9-6-4-7;1-2-6-4-3-5(1)6;1-5(2,3)7-4-6/h7,9H,2-6H2,1H3;5-6H,1-4H2;4H,1-3H3. The lowest BCUT2D eigenvalue weighted by molar-refractivity contribution is -0.138. The molecule has 1 N–H and O–H groups in total. The first-order valence-electron chi connectivity index (χ1n) is 9.22. The Bertz CT molecular complexity index is 338. The van der Waals surface area contributed by atoms with Crippen molar-refractivity contribution < 1.29 is 14.3 Å². The van der Waals surface area contributed by atoms with Gasteiger partial charge in [-0.3, -0.25) is 9.59 Å². The highest BCUT2D eigenvalue weighted by Crippen LogP contribution is 2.49. The zero-order chi connectivity index (χ0) is 17.3. The molecule has 134 valence electrons. The Balaban J connectivity index is 0.000000179. The number of ether oxygens (including phenoxy) is 1. The molecular formula is C19H35NO3. The third-order valence-electron chi connectivity index (χ3n) is 5.03. The van der Waals surface area contributed by atoms with E-state index in [1.807, 2.05) is 27.7 Å². The lowest BCUT2D eigenvalue weighted by Gasteiger charge is -2.46. The number of nitrogens with one attached hydrogen (secondary N) is 1. The van der Waals surface area contributed by atoms with E-state index in [1.165, 1.54) is 11.8 Å². The fraction of sp³-hybridized carbons (Fsp3) is 0.895. The minimum Gasteiger partial charge on any atom is -0.462 e. The molecule has 4 nitrogen and oxygen atoms in total. The summed E-state index contributed by atoms with van der Waals surface area (Å²) < 4.78 is 4.55. The van der Waals surface area contributed by atoms with Crippen molar-refractivity contribution in [3.8, 4) is 0 Å². The van der Waals surface area contributed by atoms with Gasteiger partial charge in [0, 0.05) is 12.3 Å². The average Bonchev–Trinajstić information content (AvgIpc) is 2.51. The summed E-state index contributed by atoms with van der Waals surface area (Å²) in [5.41, 5.74) is -0.318. The van der Waals surface area contributed by atoms with Crippen LogP contribution in [-0.2, 0) is 14.3 Å². The van der Waals surface area contributed by atoms with Crippen LogP contribution in [0.15, 0.2) is 0 Å². The molecule has 1 aliphatic heterocycles. The van der Waals surface area contributed by atoms with Crippen LogP contribution in [0.3, 0.4) is 0 Å². The number of hydrogen-bond donors (Lipinski definition) is 1. The van der Waals surface area contributed by atoms with Gasteiger partial charge in [-0.05, 0) is 84.2 Å². The number of Topliss-reactive ketones (excluding diaryl/α,β-unsaturated/α-hetero) is 1. The van der Waals surface area contributed by atoms with Crippen molar-refractivity contribution in [2.24, 2.45) is 17.8 Å². The first kappa shape index (κ1) is 20.1. The number of hydrogen-bond acceptors (Lipinski definition) is 4. The van der Waals surface area contributed by atoms with Gasteiger partial charge in [-0.2, -0.15) is 0 Å². The van der Waals surface area contributed by atoms with E-state index < -0.39 is 0 Å². The molecule has 2 saturated carbocycles. The van der Waals surface area contributed by atoms with Gasteiger partial charge in [0.25, 0.3) is 6.47 Å².